The lowest BCUT2D eigenvalue weighted by atomic mass is 10.00. The van der Waals surface area contributed by atoms with Gasteiger partial charge in [0.05, 0.1) is 21.2 Å². The molecule has 206 valence electrons. The average molecular weight is 576 g/mol. The summed E-state index contributed by atoms with van der Waals surface area (Å²) in [4.78, 5) is 61.8. The lowest BCUT2D eigenvalue weighted by Crippen LogP contribution is -2.44. The Morgan fingerprint density at radius 2 is 1.51 bits per heavy atom. The van der Waals surface area contributed by atoms with E-state index in [1.165, 1.54) is 30.7 Å². The molecule has 1 heterocycles. The normalized spacial score (nSPS) is 11.5. The zero-order chi connectivity index (χ0) is 28.9. The van der Waals surface area contributed by atoms with Crippen LogP contribution in [0.15, 0.2) is 52.1 Å². The first-order valence-electron chi connectivity index (χ1n) is 11.8. The van der Waals surface area contributed by atoms with Crippen molar-refractivity contribution in [1.29, 1.82) is 0 Å². The molecule has 3 rings (SSSR count). The fourth-order valence-electron chi connectivity index (χ4n) is 3.89. The van der Waals surface area contributed by atoms with Gasteiger partial charge in [-0.05, 0) is 30.2 Å². The molecule has 0 saturated heterocycles. The molecule has 0 radical (unpaired) electrons. The molecule has 3 aromatic rings. The monoisotopic (exact) mass is 575 g/mol. The van der Waals surface area contributed by atoms with Crippen molar-refractivity contribution >= 4 is 41.0 Å². The molecule has 1 atom stereocenters. The quantitative estimate of drug-likeness (QED) is 0.307. The third-order valence-corrected chi connectivity index (χ3v) is 6.68. The van der Waals surface area contributed by atoms with Crippen LogP contribution in [0.2, 0.25) is 10.0 Å². The van der Waals surface area contributed by atoms with Gasteiger partial charge in [-0.2, -0.15) is 0 Å². The van der Waals surface area contributed by atoms with Gasteiger partial charge in [-0.25, -0.2) is 9.59 Å². The number of hydrogen-bond acceptors (Lipinski definition) is 7. The molecule has 12 heteroatoms. The summed E-state index contributed by atoms with van der Waals surface area (Å²) in [5.41, 5.74) is 1.26. The summed E-state index contributed by atoms with van der Waals surface area (Å²) >= 11 is 12.3. The molecule has 0 fully saturated rings. The molecule has 0 aliphatic rings. The van der Waals surface area contributed by atoms with Gasteiger partial charge >= 0.3 is 17.6 Å². The van der Waals surface area contributed by atoms with E-state index in [1.54, 1.807) is 44.3 Å². The highest BCUT2D eigenvalue weighted by Crippen LogP contribution is 2.25. The molecule has 1 aromatic heterocycles. The first-order chi connectivity index (χ1) is 18.4. The van der Waals surface area contributed by atoms with E-state index in [2.05, 4.69) is 5.32 Å². The van der Waals surface area contributed by atoms with Gasteiger partial charge in [0.1, 0.15) is 19.3 Å². The maximum absolute atomic E-state index is 13.0. The zero-order valence-electron chi connectivity index (χ0n) is 21.7. The van der Waals surface area contributed by atoms with Crippen LogP contribution in [0.3, 0.4) is 0 Å². The van der Waals surface area contributed by atoms with Gasteiger partial charge in [-0.15, -0.1) is 0 Å². The number of carbonyl (C=O) groups is 3. The van der Waals surface area contributed by atoms with E-state index < -0.39 is 35.1 Å². The molecule has 1 N–H and O–H groups in total. The minimum Gasteiger partial charge on any atom is -0.462 e. The zero-order valence-corrected chi connectivity index (χ0v) is 23.3. The molecule has 0 spiro atoms. The van der Waals surface area contributed by atoms with Crippen LogP contribution in [0.25, 0.3) is 11.1 Å². The fraction of sp³-hybridized carbons (Fsp3) is 0.296. The number of carbonyl (C=O) groups excluding carboxylic acids is 3. The number of ether oxygens (including phenoxy) is 2. The van der Waals surface area contributed by atoms with Crippen molar-refractivity contribution in [3.05, 3.63) is 90.2 Å². The van der Waals surface area contributed by atoms with Gasteiger partial charge in [-0.1, -0.05) is 53.5 Å². The Labute approximate surface area is 234 Å². The molecule has 0 unspecified atom stereocenters. The van der Waals surface area contributed by atoms with Crippen LogP contribution in [0.5, 0.6) is 0 Å². The molecular formula is C27H27Cl2N3O7. The van der Waals surface area contributed by atoms with Gasteiger partial charge in [0, 0.05) is 33.1 Å². The summed E-state index contributed by atoms with van der Waals surface area (Å²) in [6, 6.07) is 10.2. The first-order valence-corrected chi connectivity index (χ1v) is 12.6. The maximum Gasteiger partial charge on any atom is 0.330 e. The second-order valence-electron chi connectivity index (χ2n) is 8.70. The lowest BCUT2D eigenvalue weighted by Gasteiger charge is -2.19. The Morgan fingerprint density at radius 1 is 0.923 bits per heavy atom. The molecule has 0 aliphatic carbocycles. The molecule has 39 heavy (non-hydrogen) atoms. The molecule has 10 nitrogen and oxygen atoms in total. The van der Waals surface area contributed by atoms with E-state index in [-0.39, 0.29) is 35.2 Å². The standard InChI is InChI=1S/C27H27Cl2N3O7/c1-15-22(25(35)32(4)27(37)31(15)3)18-10-8-17(9-11-18)14-21(26(36)39-13-12-38-16(2)33)30-24(34)23-19(28)6-5-7-20(23)29/h5-11,21H,12-14H2,1-4H3,(H,30,34)/t21-/m0/s1. The van der Waals surface area contributed by atoms with Crippen LogP contribution >= 0.6 is 23.2 Å². The minimum absolute atomic E-state index is 0.00917. The molecule has 0 saturated carbocycles. The number of amides is 1. The van der Waals surface area contributed by atoms with Crippen molar-refractivity contribution in [2.45, 2.75) is 26.3 Å². The second-order valence-corrected chi connectivity index (χ2v) is 9.51. The van der Waals surface area contributed by atoms with Gasteiger partial charge in [0.15, 0.2) is 0 Å². The Balaban J connectivity index is 1.87. The van der Waals surface area contributed by atoms with Crippen LogP contribution in [-0.2, 0) is 39.6 Å². The SMILES string of the molecule is CC(=O)OCCOC(=O)[C@H](Cc1ccc(-c2c(C)n(C)c(=O)n(C)c2=O)cc1)NC(=O)c1c(Cl)cccc1Cl. The molecule has 0 aliphatic heterocycles. The highest BCUT2D eigenvalue weighted by Gasteiger charge is 2.26. The van der Waals surface area contributed by atoms with Crippen molar-refractivity contribution < 1.29 is 23.9 Å². The van der Waals surface area contributed by atoms with Gasteiger partial charge in [0.2, 0.25) is 0 Å². The van der Waals surface area contributed by atoms with Crippen molar-refractivity contribution in [3.63, 3.8) is 0 Å². The van der Waals surface area contributed by atoms with Gasteiger partial charge < -0.3 is 19.4 Å². The number of benzene rings is 2. The number of rotatable bonds is 9. The van der Waals surface area contributed by atoms with E-state index in [9.17, 15) is 24.0 Å². The van der Waals surface area contributed by atoms with Gasteiger partial charge in [0.25, 0.3) is 11.5 Å². The fourth-order valence-corrected chi connectivity index (χ4v) is 4.46. The van der Waals surface area contributed by atoms with Crippen LogP contribution in [0.4, 0.5) is 0 Å². The van der Waals surface area contributed by atoms with E-state index in [0.717, 1.165) is 4.57 Å². The van der Waals surface area contributed by atoms with Crippen molar-refractivity contribution in [1.82, 2.24) is 14.5 Å². The number of halogens is 2. The summed E-state index contributed by atoms with van der Waals surface area (Å²) < 4.78 is 12.4. The maximum atomic E-state index is 13.0. The smallest absolute Gasteiger partial charge is 0.330 e. The summed E-state index contributed by atoms with van der Waals surface area (Å²) in [5.74, 6) is -1.95. The topological polar surface area (TPSA) is 126 Å². The molecular weight excluding hydrogens is 549 g/mol. The number of hydrogen-bond donors (Lipinski definition) is 1. The lowest BCUT2D eigenvalue weighted by molar-refractivity contribution is -0.152. The third-order valence-electron chi connectivity index (χ3n) is 6.05. The van der Waals surface area contributed by atoms with Crippen molar-refractivity contribution in [3.8, 4) is 11.1 Å². The molecule has 1 amide bonds. The largest absolute Gasteiger partial charge is 0.462 e. The Bertz CT molecular complexity index is 1510. The van der Waals surface area contributed by atoms with E-state index in [1.807, 2.05) is 0 Å². The van der Waals surface area contributed by atoms with Crippen molar-refractivity contribution in [2.75, 3.05) is 13.2 Å². The summed E-state index contributed by atoms with van der Waals surface area (Å²) in [6.45, 7) is 2.57. The average Bonchev–Trinajstić information content (AvgIpc) is 2.89. The predicted octanol–water partition coefficient (Wildman–Crippen LogP) is 2.81. The Morgan fingerprint density at radius 3 is 2.10 bits per heavy atom. The Kier molecular flexibility index (Phi) is 9.71. The van der Waals surface area contributed by atoms with E-state index in [4.69, 9.17) is 32.7 Å². The molecule has 0 bridgehead atoms. The van der Waals surface area contributed by atoms with Crippen LogP contribution in [0.1, 0.15) is 28.5 Å². The summed E-state index contributed by atoms with van der Waals surface area (Å²) in [6.07, 6.45) is 0.0325. The van der Waals surface area contributed by atoms with Crippen LogP contribution < -0.4 is 16.6 Å². The Hall–Kier alpha value is -3.89. The summed E-state index contributed by atoms with van der Waals surface area (Å²) in [5, 5.41) is 2.84. The summed E-state index contributed by atoms with van der Waals surface area (Å²) in [7, 11) is 2.99. The first kappa shape index (κ1) is 29.7. The van der Waals surface area contributed by atoms with Crippen LogP contribution in [-0.4, -0.2) is 46.2 Å². The highest BCUT2D eigenvalue weighted by molar-refractivity contribution is 6.39. The molecule has 2 aromatic carbocycles. The number of nitrogens with zero attached hydrogens (tertiary/aromatic N) is 2. The van der Waals surface area contributed by atoms with E-state index in [0.29, 0.717) is 22.4 Å². The minimum atomic E-state index is -1.14. The second kappa shape index (κ2) is 12.8. The van der Waals surface area contributed by atoms with Crippen molar-refractivity contribution in [2.24, 2.45) is 14.1 Å². The third kappa shape index (κ3) is 6.96. The number of aromatic nitrogens is 2. The number of esters is 2. The predicted molar refractivity (Wildman–Crippen MR) is 146 cm³/mol. The number of nitrogens with one attached hydrogen (secondary N) is 1. The highest BCUT2D eigenvalue weighted by atomic mass is 35.5. The van der Waals surface area contributed by atoms with E-state index >= 15 is 0 Å². The van der Waals surface area contributed by atoms with Gasteiger partial charge in [-0.3, -0.25) is 19.0 Å². The van der Waals surface area contributed by atoms with Crippen LogP contribution in [0, 0.1) is 6.92 Å².